The second-order valence-electron chi connectivity index (χ2n) is 3.92. The molecule has 1 aliphatic heterocycles. The first-order chi connectivity index (χ1) is 4.61. The molecule has 0 amide bonds. The third-order valence-corrected chi connectivity index (χ3v) is 2.51. The lowest BCUT2D eigenvalue weighted by Gasteiger charge is -2.17. The highest BCUT2D eigenvalue weighted by Crippen LogP contribution is 2.24. The monoisotopic (exact) mass is 130 g/mol. The molecule has 0 aromatic heterocycles. The van der Waals surface area contributed by atoms with Crippen LogP contribution in [0.25, 0.3) is 0 Å². The van der Waals surface area contributed by atoms with Gasteiger partial charge in [-0.15, -0.1) is 12.5 Å². The molecule has 4 heteroatoms. The summed E-state index contributed by atoms with van der Waals surface area (Å²) in [7, 11) is 4.93. The van der Waals surface area contributed by atoms with E-state index in [1.165, 1.54) is 0 Å². The summed E-state index contributed by atoms with van der Waals surface area (Å²) in [5.41, 5.74) is 0.829. The van der Waals surface area contributed by atoms with E-state index in [1.807, 2.05) is 0 Å². The lowest BCUT2D eigenvalue weighted by molar-refractivity contribution is 0.693. The molecule has 0 N–H and O–H groups in total. The molecule has 1 atom stereocenters. The Balaban J connectivity index is 2.46. The topological polar surface area (TPSA) is 0 Å². The lowest BCUT2D eigenvalue weighted by atomic mass is 9.02. The summed E-state index contributed by atoms with van der Waals surface area (Å²) >= 11 is 0. The summed E-state index contributed by atoms with van der Waals surface area (Å²) < 4.78 is 0. The van der Waals surface area contributed by atoms with Crippen molar-refractivity contribution in [2.24, 2.45) is 5.92 Å². The van der Waals surface area contributed by atoms with Gasteiger partial charge in [-0.2, -0.15) is 0 Å². The van der Waals surface area contributed by atoms with E-state index < -0.39 is 0 Å². The molecular formula is C6H14B4. The van der Waals surface area contributed by atoms with E-state index in [-0.39, 0.29) is 0 Å². The summed E-state index contributed by atoms with van der Waals surface area (Å²) in [4.78, 5) is 0. The molecule has 50 valence electrons. The summed E-state index contributed by atoms with van der Waals surface area (Å²) in [6, 6.07) is 0. The number of hydrogen-bond acceptors (Lipinski definition) is 0. The van der Waals surface area contributed by atoms with Gasteiger partial charge in [-0.25, -0.2) is 0 Å². The molecule has 2 radical (unpaired) electrons. The van der Waals surface area contributed by atoms with Gasteiger partial charge in [0.1, 0.15) is 0 Å². The van der Waals surface area contributed by atoms with Gasteiger partial charge in [0.25, 0.3) is 0 Å². The highest BCUT2D eigenvalue weighted by Gasteiger charge is 2.34. The molecule has 1 heterocycles. The fraction of sp³-hybridized carbons (Fsp3) is 1.00. The number of hydrogen-bond donors (Lipinski definition) is 0. The van der Waals surface area contributed by atoms with Crippen molar-refractivity contribution >= 4 is 27.3 Å². The normalized spacial score (nSPS) is 25.1. The molecule has 1 saturated heterocycles. The Labute approximate surface area is 67.1 Å². The van der Waals surface area contributed by atoms with Crippen molar-refractivity contribution in [1.29, 1.82) is 0 Å². The minimum Gasteiger partial charge on any atom is -0.102 e. The van der Waals surface area contributed by atoms with Crippen molar-refractivity contribution in [3.8, 4) is 0 Å². The molecular weight excluding hydrogens is 115 g/mol. The zero-order valence-corrected chi connectivity index (χ0v) is 7.46. The van der Waals surface area contributed by atoms with E-state index in [1.54, 1.807) is 0 Å². The maximum Gasteiger partial charge on any atom is 0.0823 e. The first kappa shape index (κ1) is 8.36. The minimum atomic E-state index is 0.738. The van der Waals surface area contributed by atoms with E-state index in [0.29, 0.717) is 0 Å². The van der Waals surface area contributed by atoms with Crippen molar-refractivity contribution < 1.29 is 0 Å². The van der Waals surface area contributed by atoms with Crippen molar-refractivity contribution in [3.63, 3.8) is 0 Å². The SMILES string of the molecule is CB1[B]B(C)C(C(C)C)[B]1. The molecule has 1 aliphatic rings. The Bertz CT molecular complexity index is 114. The fourth-order valence-corrected chi connectivity index (χ4v) is 2.03. The second-order valence-corrected chi connectivity index (χ2v) is 3.92. The molecule has 0 nitrogen and oxygen atoms in total. The third-order valence-electron chi connectivity index (χ3n) is 2.51. The predicted molar refractivity (Wildman–Crippen MR) is 53.3 cm³/mol. The molecule has 0 spiro atoms. The van der Waals surface area contributed by atoms with E-state index in [4.69, 9.17) is 0 Å². The van der Waals surface area contributed by atoms with Crippen molar-refractivity contribution in [1.82, 2.24) is 0 Å². The van der Waals surface area contributed by atoms with E-state index >= 15 is 0 Å². The Morgan fingerprint density at radius 3 is 2.10 bits per heavy atom. The van der Waals surface area contributed by atoms with Crippen LogP contribution in [0.5, 0.6) is 0 Å². The van der Waals surface area contributed by atoms with Gasteiger partial charge in [-0.05, 0) is 0 Å². The van der Waals surface area contributed by atoms with E-state index in [0.717, 1.165) is 24.7 Å². The molecule has 0 aliphatic carbocycles. The van der Waals surface area contributed by atoms with Crippen LogP contribution in [0.4, 0.5) is 0 Å². The maximum atomic E-state index is 2.48. The van der Waals surface area contributed by atoms with Crippen molar-refractivity contribution in [2.45, 2.75) is 33.2 Å². The predicted octanol–water partition coefficient (Wildman–Crippen LogP) is 1.13. The van der Waals surface area contributed by atoms with Crippen LogP contribution >= 0.6 is 0 Å². The van der Waals surface area contributed by atoms with E-state index in [9.17, 15) is 0 Å². The fourth-order valence-electron chi connectivity index (χ4n) is 2.03. The van der Waals surface area contributed by atoms with Gasteiger partial charge < -0.3 is 0 Å². The minimum absolute atomic E-state index is 0.738. The van der Waals surface area contributed by atoms with Crippen LogP contribution in [0.15, 0.2) is 0 Å². The summed E-state index contributed by atoms with van der Waals surface area (Å²) in [6.07, 6.45) is 0. The highest BCUT2D eigenvalue weighted by atomic mass is 14.0. The molecule has 0 aromatic rings. The van der Waals surface area contributed by atoms with Crippen LogP contribution in [0.1, 0.15) is 13.8 Å². The van der Waals surface area contributed by atoms with Gasteiger partial charge in [-0.3, -0.25) is 0 Å². The van der Waals surface area contributed by atoms with Crippen LogP contribution in [-0.2, 0) is 0 Å². The van der Waals surface area contributed by atoms with Crippen LogP contribution in [0.2, 0.25) is 19.4 Å². The molecule has 0 saturated carbocycles. The molecule has 0 bridgehead atoms. The van der Waals surface area contributed by atoms with Crippen LogP contribution in [-0.4, -0.2) is 27.3 Å². The van der Waals surface area contributed by atoms with Crippen LogP contribution in [0.3, 0.4) is 0 Å². The van der Waals surface area contributed by atoms with Gasteiger partial charge in [0.05, 0.1) is 20.3 Å². The Morgan fingerprint density at radius 1 is 1.30 bits per heavy atom. The summed E-state index contributed by atoms with van der Waals surface area (Å²) in [5, 5.41) is 0. The van der Waals surface area contributed by atoms with Crippen molar-refractivity contribution in [3.05, 3.63) is 0 Å². The summed E-state index contributed by atoms with van der Waals surface area (Å²) in [6.45, 7) is 10.8. The van der Waals surface area contributed by atoms with Gasteiger partial charge in [-0.1, -0.05) is 26.6 Å². The average Bonchev–Trinajstić information content (AvgIpc) is 2.10. The zero-order valence-electron chi connectivity index (χ0n) is 7.46. The molecule has 1 unspecified atom stereocenters. The zero-order chi connectivity index (χ0) is 7.72. The van der Waals surface area contributed by atoms with Gasteiger partial charge >= 0.3 is 0 Å². The van der Waals surface area contributed by atoms with Gasteiger partial charge in [0, 0.05) is 7.06 Å². The largest absolute Gasteiger partial charge is 0.102 e. The smallest absolute Gasteiger partial charge is 0.0823 e. The highest BCUT2D eigenvalue weighted by molar-refractivity contribution is 7.61. The maximum absolute atomic E-state index is 2.48. The average molecular weight is 129 g/mol. The van der Waals surface area contributed by atoms with Crippen LogP contribution < -0.4 is 0 Å². The number of rotatable bonds is 1. The van der Waals surface area contributed by atoms with Crippen LogP contribution in [0, 0.1) is 5.92 Å². The Morgan fingerprint density at radius 2 is 1.90 bits per heavy atom. The first-order valence-corrected chi connectivity index (χ1v) is 4.31. The molecule has 10 heavy (non-hydrogen) atoms. The Hall–Kier alpha value is 0.260. The van der Waals surface area contributed by atoms with Gasteiger partial charge in [0.2, 0.25) is 0 Å². The first-order valence-electron chi connectivity index (χ1n) is 4.31. The quantitative estimate of drug-likeness (QED) is 0.466. The van der Waals surface area contributed by atoms with Gasteiger partial charge in [0.15, 0.2) is 0 Å². The molecule has 1 fully saturated rings. The summed E-state index contributed by atoms with van der Waals surface area (Å²) in [5.74, 6) is 0.816. The third kappa shape index (κ3) is 1.65. The Kier molecular flexibility index (Phi) is 2.60. The molecule has 0 aromatic carbocycles. The van der Waals surface area contributed by atoms with Crippen molar-refractivity contribution in [2.75, 3.05) is 0 Å². The lowest BCUT2D eigenvalue weighted by Crippen LogP contribution is -2.23. The van der Waals surface area contributed by atoms with E-state index in [2.05, 4.69) is 41.7 Å². The molecule has 1 rings (SSSR count). The second kappa shape index (κ2) is 3.11. The standard InChI is InChI=1S/C6H14B4/c1-5(2)6-7-10(4)8-9(6)3/h5-6H,1-4H3.